The SMILES string of the molecule is c1ccc2nc(N3CCC(COc4cc(C5CC5)ncn4)CC3)cnc2c1. The lowest BCUT2D eigenvalue weighted by molar-refractivity contribution is 0.215. The van der Waals surface area contributed by atoms with Gasteiger partial charge in [-0.25, -0.2) is 15.0 Å². The van der Waals surface area contributed by atoms with E-state index in [2.05, 4.69) is 19.9 Å². The van der Waals surface area contributed by atoms with Gasteiger partial charge in [0.1, 0.15) is 12.1 Å². The van der Waals surface area contributed by atoms with Crippen LogP contribution in [0.15, 0.2) is 42.9 Å². The number of piperidine rings is 1. The first-order valence-corrected chi connectivity index (χ1v) is 9.76. The van der Waals surface area contributed by atoms with Crippen molar-refractivity contribution in [3.8, 4) is 5.88 Å². The van der Waals surface area contributed by atoms with E-state index in [4.69, 9.17) is 9.72 Å². The van der Waals surface area contributed by atoms with Crippen LogP contribution in [-0.4, -0.2) is 39.6 Å². The Morgan fingerprint density at radius 2 is 1.78 bits per heavy atom. The molecule has 1 aliphatic carbocycles. The molecule has 3 heterocycles. The van der Waals surface area contributed by atoms with Crippen molar-refractivity contribution in [2.24, 2.45) is 5.92 Å². The van der Waals surface area contributed by atoms with Gasteiger partial charge in [0.25, 0.3) is 0 Å². The van der Waals surface area contributed by atoms with Gasteiger partial charge in [-0.1, -0.05) is 12.1 Å². The van der Waals surface area contributed by atoms with E-state index >= 15 is 0 Å². The van der Waals surface area contributed by atoms with Gasteiger partial charge in [-0.15, -0.1) is 0 Å². The van der Waals surface area contributed by atoms with Crippen LogP contribution in [0, 0.1) is 5.92 Å². The molecule has 6 heteroatoms. The molecule has 6 nitrogen and oxygen atoms in total. The molecule has 0 atom stereocenters. The molecule has 27 heavy (non-hydrogen) atoms. The van der Waals surface area contributed by atoms with Gasteiger partial charge in [-0.2, -0.15) is 0 Å². The fourth-order valence-electron chi connectivity index (χ4n) is 3.67. The molecule has 0 radical (unpaired) electrons. The molecule has 1 saturated heterocycles. The van der Waals surface area contributed by atoms with Crippen LogP contribution in [0.1, 0.15) is 37.3 Å². The smallest absolute Gasteiger partial charge is 0.216 e. The van der Waals surface area contributed by atoms with Crippen molar-refractivity contribution in [3.05, 3.63) is 48.5 Å². The van der Waals surface area contributed by atoms with E-state index < -0.39 is 0 Å². The summed E-state index contributed by atoms with van der Waals surface area (Å²) in [5.41, 5.74) is 3.03. The Hall–Kier alpha value is -2.76. The maximum atomic E-state index is 5.97. The lowest BCUT2D eigenvalue weighted by atomic mass is 9.98. The van der Waals surface area contributed by atoms with E-state index in [0.717, 1.165) is 61.0 Å². The Morgan fingerprint density at radius 3 is 2.59 bits per heavy atom. The van der Waals surface area contributed by atoms with E-state index in [1.165, 1.54) is 12.8 Å². The van der Waals surface area contributed by atoms with E-state index in [0.29, 0.717) is 11.8 Å². The van der Waals surface area contributed by atoms with Crippen molar-refractivity contribution >= 4 is 16.9 Å². The summed E-state index contributed by atoms with van der Waals surface area (Å²) in [4.78, 5) is 20.2. The second-order valence-corrected chi connectivity index (χ2v) is 7.51. The highest BCUT2D eigenvalue weighted by atomic mass is 16.5. The molecule has 0 amide bonds. The van der Waals surface area contributed by atoms with Crippen LogP contribution < -0.4 is 9.64 Å². The Labute approximate surface area is 158 Å². The molecule has 0 spiro atoms. The van der Waals surface area contributed by atoms with Gasteiger partial charge in [-0.3, -0.25) is 4.98 Å². The van der Waals surface area contributed by atoms with Crippen LogP contribution in [0.25, 0.3) is 11.0 Å². The third-order valence-electron chi connectivity index (χ3n) is 5.50. The van der Waals surface area contributed by atoms with Crippen molar-refractivity contribution in [2.45, 2.75) is 31.6 Å². The summed E-state index contributed by atoms with van der Waals surface area (Å²) in [6.07, 6.45) is 8.19. The van der Waals surface area contributed by atoms with E-state index in [-0.39, 0.29) is 0 Å². The number of hydrogen-bond donors (Lipinski definition) is 0. The second-order valence-electron chi connectivity index (χ2n) is 7.51. The number of nitrogens with zero attached hydrogens (tertiary/aromatic N) is 5. The topological polar surface area (TPSA) is 64.0 Å². The number of hydrogen-bond acceptors (Lipinski definition) is 6. The first kappa shape index (κ1) is 16.4. The number of aromatic nitrogens is 4. The summed E-state index contributed by atoms with van der Waals surface area (Å²) in [7, 11) is 0. The molecule has 3 aromatic rings. The van der Waals surface area contributed by atoms with Crippen LogP contribution in [0.2, 0.25) is 0 Å². The van der Waals surface area contributed by atoms with Crippen LogP contribution in [0.3, 0.4) is 0 Å². The van der Waals surface area contributed by atoms with E-state index in [9.17, 15) is 0 Å². The molecule has 1 aromatic carbocycles. The first-order chi connectivity index (χ1) is 13.3. The Bertz CT molecular complexity index is 935. The quantitative estimate of drug-likeness (QED) is 0.692. The highest BCUT2D eigenvalue weighted by molar-refractivity contribution is 5.75. The van der Waals surface area contributed by atoms with Crippen molar-refractivity contribution in [1.82, 2.24) is 19.9 Å². The Kier molecular flexibility index (Phi) is 4.32. The van der Waals surface area contributed by atoms with Crippen molar-refractivity contribution in [2.75, 3.05) is 24.6 Å². The van der Waals surface area contributed by atoms with Gasteiger partial charge >= 0.3 is 0 Å². The van der Waals surface area contributed by atoms with Gasteiger partial charge < -0.3 is 9.64 Å². The molecule has 2 fully saturated rings. The molecule has 138 valence electrons. The summed E-state index contributed by atoms with van der Waals surface area (Å²) in [6, 6.07) is 10.0. The van der Waals surface area contributed by atoms with Gasteiger partial charge in [-0.05, 0) is 43.7 Å². The summed E-state index contributed by atoms with van der Waals surface area (Å²) in [5.74, 6) is 2.86. The largest absolute Gasteiger partial charge is 0.477 e. The molecular formula is C21H23N5O. The minimum atomic E-state index is 0.550. The molecule has 1 aliphatic heterocycles. The number of rotatable bonds is 5. The zero-order chi connectivity index (χ0) is 18.1. The average Bonchev–Trinajstić information content (AvgIpc) is 3.58. The minimum Gasteiger partial charge on any atom is -0.477 e. The fraction of sp³-hybridized carbons (Fsp3) is 0.429. The number of fused-ring (bicyclic) bond motifs is 1. The van der Waals surface area contributed by atoms with Crippen LogP contribution in [-0.2, 0) is 0 Å². The van der Waals surface area contributed by atoms with E-state index in [1.54, 1.807) is 6.33 Å². The molecule has 2 aromatic heterocycles. The Balaban J connectivity index is 1.17. The summed E-state index contributed by atoms with van der Waals surface area (Å²) >= 11 is 0. The molecular weight excluding hydrogens is 338 g/mol. The predicted octanol–water partition coefficient (Wildman–Crippen LogP) is 3.59. The predicted molar refractivity (Wildman–Crippen MR) is 104 cm³/mol. The second kappa shape index (κ2) is 7.10. The zero-order valence-corrected chi connectivity index (χ0v) is 15.3. The number of para-hydroxylation sites is 2. The maximum absolute atomic E-state index is 5.97. The van der Waals surface area contributed by atoms with Crippen molar-refractivity contribution in [1.29, 1.82) is 0 Å². The van der Waals surface area contributed by atoms with Crippen LogP contribution in [0.5, 0.6) is 5.88 Å². The monoisotopic (exact) mass is 361 g/mol. The molecule has 0 N–H and O–H groups in total. The van der Waals surface area contributed by atoms with Gasteiger partial charge in [0.05, 0.1) is 29.5 Å². The van der Waals surface area contributed by atoms with Crippen molar-refractivity contribution in [3.63, 3.8) is 0 Å². The number of anilines is 1. The fourth-order valence-corrected chi connectivity index (χ4v) is 3.67. The highest BCUT2D eigenvalue weighted by Crippen LogP contribution is 2.39. The summed E-state index contributed by atoms with van der Waals surface area (Å²) in [5, 5.41) is 0. The molecule has 0 bridgehead atoms. The van der Waals surface area contributed by atoms with Crippen LogP contribution >= 0.6 is 0 Å². The molecule has 5 rings (SSSR count). The van der Waals surface area contributed by atoms with Crippen molar-refractivity contribution < 1.29 is 4.74 Å². The average molecular weight is 361 g/mol. The maximum Gasteiger partial charge on any atom is 0.216 e. The standard InChI is InChI=1S/C21H23N5O/c1-2-4-18-17(3-1)22-12-20(25-18)26-9-7-15(8-10-26)13-27-21-11-19(16-5-6-16)23-14-24-21/h1-4,11-12,14-16H,5-10,13H2. The third-order valence-corrected chi connectivity index (χ3v) is 5.50. The van der Waals surface area contributed by atoms with Crippen LogP contribution in [0.4, 0.5) is 5.82 Å². The molecule has 2 aliphatic rings. The van der Waals surface area contributed by atoms with Gasteiger partial charge in [0.15, 0.2) is 0 Å². The third kappa shape index (κ3) is 3.70. The first-order valence-electron chi connectivity index (χ1n) is 9.76. The Morgan fingerprint density at radius 1 is 0.963 bits per heavy atom. The summed E-state index contributed by atoms with van der Waals surface area (Å²) in [6.45, 7) is 2.69. The van der Waals surface area contributed by atoms with Gasteiger partial charge in [0, 0.05) is 25.1 Å². The molecule has 0 unspecified atom stereocenters. The number of benzene rings is 1. The highest BCUT2D eigenvalue weighted by Gasteiger charge is 2.26. The number of ether oxygens (including phenoxy) is 1. The zero-order valence-electron chi connectivity index (χ0n) is 15.3. The summed E-state index contributed by atoms with van der Waals surface area (Å²) < 4.78 is 5.97. The van der Waals surface area contributed by atoms with Gasteiger partial charge in [0.2, 0.25) is 5.88 Å². The van der Waals surface area contributed by atoms with E-state index in [1.807, 2.05) is 36.5 Å². The normalized spacial score (nSPS) is 18.0. The lowest BCUT2D eigenvalue weighted by Crippen LogP contribution is -2.36. The minimum absolute atomic E-state index is 0.550. The lowest BCUT2D eigenvalue weighted by Gasteiger charge is -2.32. The molecule has 1 saturated carbocycles.